The Morgan fingerprint density at radius 1 is 1.19 bits per heavy atom. The second-order valence-electron chi connectivity index (χ2n) is 5.53. The summed E-state index contributed by atoms with van der Waals surface area (Å²) in [7, 11) is 0. The molecule has 2 rings (SSSR count). The summed E-state index contributed by atoms with van der Waals surface area (Å²) < 4.78 is 0. The van der Waals surface area contributed by atoms with Gasteiger partial charge in [0.1, 0.15) is 0 Å². The standard InChI is InChI=1S/C13H24N2O/c1-10(9-11-7-8-11)14-13(16)15-12-5-3-2-4-6-12/h10-12H,2-9H2,1H3,(H2,14,15,16). The summed E-state index contributed by atoms with van der Waals surface area (Å²) in [5, 5.41) is 6.14. The molecule has 0 spiro atoms. The van der Waals surface area contributed by atoms with Crippen molar-refractivity contribution in [2.45, 2.75) is 70.4 Å². The monoisotopic (exact) mass is 224 g/mol. The Morgan fingerprint density at radius 2 is 1.88 bits per heavy atom. The van der Waals surface area contributed by atoms with Crippen LogP contribution in [0, 0.1) is 5.92 Å². The van der Waals surface area contributed by atoms with Crippen LogP contribution in [-0.4, -0.2) is 18.1 Å². The van der Waals surface area contributed by atoms with Crippen molar-refractivity contribution in [2.75, 3.05) is 0 Å². The molecule has 3 heteroatoms. The highest BCUT2D eigenvalue weighted by Crippen LogP contribution is 2.33. The van der Waals surface area contributed by atoms with E-state index in [0.717, 1.165) is 25.2 Å². The number of carbonyl (C=O) groups excluding carboxylic acids is 1. The molecule has 2 saturated carbocycles. The number of rotatable bonds is 4. The van der Waals surface area contributed by atoms with Crippen molar-refractivity contribution in [3.8, 4) is 0 Å². The van der Waals surface area contributed by atoms with E-state index in [9.17, 15) is 4.79 Å². The van der Waals surface area contributed by atoms with Crippen molar-refractivity contribution >= 4 is 6.03 Å². The van der Waals surface area contributed by atoms with Crippen molar-refractivity contribution < 1.29 is 4.79 Å². The Kier molecular flexibility index (Phi) is 4.08. The predicted octanol–water partition coefficient (Wildman–Crippen LogP) is 2.81. The maximum atomic E-state index is 11.7. The Labute approximate surface area is 98.4 Å². The molecule has 1 atom stereocenters. The van der Waals surface area contributed by atoms with Gasteiger partial charge in [0.25, 0.3) is 0 Å². The summed E-state index contributed by atoms with van der Waals surface area (Å²) in [4.78, 5) is 11.7. The third-order valence-electron chi connectivity index (χ3n) is 3.70. The normalized spacial score (nSPS) is 23.8. The molecular formula is C13H24N2O. The minimum Gasteiger partial charge on any atom is -0.336 e. The molecule has 0 aromatic heterocycles. The van der Waals surface area contributed by atoms with Gasteiger partial charge in [-0.3, -0.25) is 0 Å². The first-order chi connectivity index (χ1) is 7.74. The van der Waals surface area contributed by atoms with Gasteiger partial charge in [0.15, 0.2) is 0 Å². The maximum Gasteiger partial charge on any atom is 0.315 e. The summed E-state index contributed by atoms with van der Waals surface area (Å²) >= 11 is 0. The van der Waals surface area contributed by atoms with Crippen molar-refractivity contribution in [2.24, 2.45) is 5.92 Å². The van der Waals surface area contributed by atoms with Crippen LogP contribution >= 0.6 is 0 Å². The molecule has 2 fully saturated rings. The maximum absolute atomic E-state index is 11.7. The molecule has 0 aromatic rings. The predicted molar refractivity (Wildman–Crippen MR) is 65.3 cm³/mol. The molecule has 2 aliphatic rings. The Morgan fingerprint density at radius 3 is 2.50 bits per heavy atom. The third-order valence-corrected chi connectivity index (χ3v) is 3.70. The zero-order valence-corrected chi connectivity index (χ0v) is 10.3. The molecule has 0 radical (unpaired) electrons. The minimum absolute atomic E-state index is 0.0417. The number of amides is 2. The number of hydrogen-bond donors (Lipinski definition) is 2. The first kappa shape index (κ1) is 11.7. The fourth-order valence-corrected chi connectivity index (χ4v) is 2.61. The van der Waals surface area contributed by atoms with Crippen LogP contribution in [0.15, 0.2) is 0 Å². The van der Waals surface area contributed by atoms with Crippen LogP contribution in [0.4, 0.5) is 4.79 Å². The molecule has 92 valence electrons. The van der Waals surface area contributed by atoms with E-state index in [4.69, 9.17) is 0 Å². The molecule has 2 N–H and O–H groups in total. The largest absolute Gasteiger partial charge is 0.336 e. The van der Waals surface area contributed by atoms with E-state index in [1.165, 1.54) is 32.1 Å². The Hall–Kier alpha value is -0.730. The molecule has 0 saturated heterocycles. The van der Waals surface area contributed by atoms with E-state index in [0.29, 0.717) is 12.1 Å². The van der Waals surface area contributed by atoms with E-state index >= 15 is 0 Å². The van der Waals surface area contributed by atoms with Crippen LogP contribution in [0.3, 0.4) is 0 Å². The molecule has 0 aromatic carbocycles. The lowest BCUT2D eigenvalue weighted by Gasteiger charge is -2.24. The van der Waals surface area contributed by atoms with E-state index in [1.54, 1.807) is 0 Å². The number of urea groups is 1. The molecular weight excluding hydrogens is 200 g/mol. The zero-order valence-electron chi connectivity index (χ0n) is 10.3. The summed E-state index contributed by atoms with van der Waals surface area (Å²) in [6.07, 6.45) is 10.0. The lowest BCUT2D eigenvalue weighted by molar-refractivity contribution is 0.228. The number of hydrogen-bond acceptors (Lipinski definition) is 1. The molecule has 2 aliphatic carbocycles. The first-order valence-corrected chi connectivity index (χ1v) is 6.81. The highest BCUT2D eigenvalue weighted by atomic mass is 16.2. The third kappa shape index (κ3) is 4.03. The highest BCUT2D eigenvalue weighted by molar-refractivity contribution is 5.74. The Bertz CT molecular complexity index is 232. The van der Waals surface area contributed by atoms with Gasteiger partial charge >= 0.3 is 6.03 Å². The fraction of sp³-hybridized carbons (Fsp3) is 0.923. The van der Waals surface area contributed by atoms with Crippen LogP contribution in [-0.2, 0) is 0 Å². The smallest absolute Gasteiger partial charge is 0.315 e. The number of carbonyl (C=O) groups is 1. The van der Waals surface area contributed by atoms with E-state index in [1.807, 2.05) is 0 Å². The van der Waals surface area contributed by atoms with Crippen LogP contribution in [0.5, 0.6) is 0 Å². The van der Waals surface area contributed by atoms with Gasteiger partial charge in [0, 0.05) is 12.1 Å². The van der Waals surface area contributed by atoms with Crippen LogP contribution in [0.2, 0.25) is 0 Å². The van der Waals surface area contributed by atoms with Gasteiger partial charge in [-0.1, -0.05) is 32.1 Å². The summed E-state index contributed by atoms with van der Waals surface area (Å²) in [5.41, 5.74) is 0. The van der Waals surface area contributed by atoms with Crippen LogP contribution < -0.4 is 10.6 Å². The number of nitrogens with one attached hydrogen (secondary N) is 2. The van der Waals surface area contributed by atoms with Gasteiger partial charge in [-0.25, -0.2) is 4.79 Å². The fourth-order valence-electron chi connectivity index (χ4n) is 2.61. The van der Waals surface area contributed by atoms with Crippen molar-refractivity contribution in [3.05, 3.63) is 0 Å². The van der Waals surface area contributed by atoms with Gasteiger partial charge < -0.3 is 10.6 Å². The average Bonchev–Trinajstić information content (AvgIpc) is 3.02. The topological polar surface area (TPSA) is 41.1 Å². The zero-order chi connectivity index (χ0) is 11.4. The lowest BCUT2D eigenvalue weighted by atomic mass is 9.96. The van der Waals surface area contributed by atoms with Gasteiger partial charge in [-0.2, -0.15) is 0 Å². The van der Waals surface area contributed by atoms with E-state index < -0.39 is 0 Å². The summed E-state index contributed by atoms with van der Waals surface area (Å²) in [6, 6.07) is 0.790. The van der Waals surface area contributed by atoms with E-state index in [2.05, 4.69) is 17.6 Å². The molecule has 2 amide bonds. The van der Waals surface area contributed by atoms with Crippen LogP contribution in [0.25, 0.3) is 0 Å². The average molecular weight is 224 g/mol. The minimum atomic E-state index is 0.0417. The van der Waals surface area contributed by atoms with Crippen molar-refractivity contribution in [1.82, 2.24) is 10.6 Å². The van der Waals surface area contributed by atoms with Crippen molar-refractivity contribution in [3.63, 3.8) is 0 Å². The van der Waals surface area contributed by atoms with Crippen molar-refractivity contribution in [1.29, 1.82) is 0 Å². The molecule has 0 bridgehead atoms. The highest BCUT2D eigenvalue weighted by Gasteiger charge is 2.24. The quantitative estimate of drug-likeness (QED) is 0.757. The van der Waals surface area contributed by atoms with Gasteiger partial charge in [-0.05, 0) is 32.1 Å². The summed E-state index contributed by atoms with van der Waals surface area (Å²) in [5.74, 6) is 0.880. The molecule has 0 aliphatic heterocycles. The van der Waals surface area contributed by atoms with Gasteiger partial charge in [0.2, 0.25) is 0 Å². The van der Waals surface area contributed by atoms with Gasteiger partial charge in [0.05, 0.1) is 0 Å². The van der Waals surface area contributed by atoms with Crippen LogP contribution in [0.1, 0.15) is 58.3 Å². The molecule has 3 nitrogen and oxygen atoms in total. The lowest BCUT2D eigenvalue weighted by Crippen LogP contribution is -2.46. The second kappa shape index (κ2) is 5.55. The second-order valence-corrected chi connectivity index (χ2v) is 5.53. The van der Waals surface area contributed by atoms with E-state index in [-0.39, 0.29) is 6.03 Å². The first-order valence-electron chi connectivity index (χ1n) is 6.81. The molecule has 16 heavy (non-hydrogen) atoms. The van der Waals surface area contributed by atoms with Gasteiger partial charge in [-0.15, -0.1) is 0 Å². The molecule has 0 heterocycles. The molecule has 1 unspecified atom stereocenters. The SMILES string of the molecule is CC(CC1CC1)NC(=O)NC1CCCCC1. The Balaban J connectivity index is 1.62. The summed E-state index contributed by atoms with van der Waals surface area (Å²) in [6.45, 7) is 2.11.